The van der Waals surface area contributed by atoms with Crippen molar-refractivity contribution in [2.24, 2.45) is 9.81 Å². The minimum Gasteiger partial charge on any atom is -0.506 e. The summed E-state index contributed by atoms with van der Waals surface area (Å²) in [5.74, 6) is -0.585. The van der Waals surface area contributed by atoms with Gasteiger partial charge in [0.05, 0.1) is 11.1 Å². The Balaban J connectivity index is 1.87. The van der Waals surface area contributed by atoms with Gasteiger partial charge in [-0.25, -0.2) is 0 Å². The van der Waals surface area contributed by atoms with E-state index in [4.69, 9.17) is 5.73 Å². The number of Topliss-reactive ketones (excluding diaryl/α,β-unsaturated/α-hetero) is 1. The highest BCUT2D eigenvalue weighted by Gasteiger charge is 2.46. The normalized spacial score (nSPS) is 23.1. The molecule has 0 unspecified atom stereocenters. The van der Waals surface area contributed by atoms with Crippen molar-refractivity contribution in [3.63, 3.8) is 0 Å². The van der Waals surface area contributed by atoms with Crippen molar-refractivity contribution in [1.82, 2.24) is 0 Å². The number of hydrogen-bond donors (Lipinski definition) is 5. The van der Waals surface area contributed by atoms with Crippen LogP contribution in [0.1, 0.15) is 51.7 Å². The molecule has 0 spiro atoms. The topological polar surface area (TPSA) is 128 Å². The lowest BCUT2D eigenvalue weighted by Crippen LogP contribution is -2.42. The second-order valence-electron chi connectivity index (χ2n) is 9.83. The molecule has 1 aliphatic carbocycles. The van der Waals surface area contributed by atoms with Gasteiger partial charge in [-0.15, -0.1) is 4.40 Å². The van der Waals surface area contributed by atoms with Crippen LogP contribution >= 0.6 is 10.8 Å². The first-order valence-electron chi connectivity index (χ1n) is 10.5. The molecular formula is C24H29N3O4S. The number of anilines is 2. The molecule has 6 N–H and O–H groups in total. The Bertz CT molecular complexity index is 1180. The standard InChI is InChI=1S/C24H29N3O4S/c1-23(2,3)11-12-24(4)16-8-6-5-7-15(16)20(28)19(21(24)29)22-26-17-10-9-14(25)13-18(17)32(30,31)27-22/h5-10,13,28,30-31H,11-12,25H2,1-4H3,(H,26,27)/t24-/m0/s1. The second kappa shape index (κ2) is 7.37. The zero-order valence-corrected chi connectivity index (χ0v) is 19.5. The number of rotatable bonds is 3. The van der Waals surface area contributed by atoms with Crippen LogP contribution in [0.3, 0.4) is 0 Å². The SMILES string of the molecule is CC(C)(C)CC[C@]1(C)C(=O)C(C2=NS(O)(O)c3cc(N)ccc3N2)=C(O)c2ccccc21. The fourth-order valence-corrected chi connectivity index (χ4v) is 5.41. The molecular weight excluding hydrogens is 426 g/mol. The van der Waals surface area contributed by atoms with Gasteiger partial charge in [0, 0.05) is 11.3 Å². The van der Waals surface area contributed by atoms with Gasteiger partial charge in [-0.05, 0) is 48.9 Å². The number of nitrogens with one attached hydrogen (secondary N) is 1. The third kappa shape index (κ3) is 3.68. The van der Waals surface area contributed by atoms with Crippen molar-refractivity contribution in [2.75, 3.05) is 11.1 Å². The summed E-state index contributed by atoms with van der Waals surface area (Å²) in [4.78, 5) is 14.1. The van der Waals surface area contributed by atoms with Crippen LogP contribution in [0.2, 0.25) is 0 Å². The minimum atomic E-state index is -3.61. The van der Waals surface area contributed by atoms with Crippen LogP contribution in [-0.2, 0) is 10.2 Å². The van der Waals surface area contributed by atoms with Gasteiger partial charge < -0.3 is 16.2 Å². The van der Waals surface area contributed by atoms with Gasteiger partial charge in [0.1, 0.15) is 16.2 Å². The number of carbonyl (C=O) groups excluding carboxylic acids is 1. The lowest BCUT2D eigenvalue weighted by molar-refractivity contribution is -0.120. The Hall–Kier alpha value is -2.81. The van der Waals surface area contributed by atoms with Crippen LogP contribution in [0, 0.1) is 5.41 Å². The molecule has 2 aromatic rings. The summed E-state index contributed by atoms with van der Waals surface area (Å²) in [5, 5.41) is 14.1. The van der Waals surface area contributed by atoms with Crippen molar-refractivity contribution in [2.45, 2.75) is 50.8 Å². The maximum atomic E-state index is 13.9. The number of aliphatic hydroxyl groups excluding tert-OH is 1. The van der Waals surface area contributed by atoms with Crippen molar-refractivity contribution in [1.29, 1.82) is 0 Å². The molecule has 1 heterocycles. The van der Waals surface area contributed by atoms with E-state index in [0.29, 0.717) is 23.4 Å². The third-order valence-electron chi connectivity index (χ3n) is 6.13. The Morgan fingerprint density at radius 1 is 1.16 bits per heavy atom. The van der Waals surface area contributed by atoms with E-state index in [0.717, 1.165) is 12.0 Å². The minimum absolute atomic E-state index is 0.0105. The van der Waals surface area contributed by atoms with Gasteiger partial charge in [-0.3, -0.25) is 13.9 Å². The molecule has 2 aliphatic rings. The summed E-state index contributed by atoms with van der Waals surface area (Å²) in [6, 6.07) is 11.9. The number of hydrogen-bond acceptors (Lipinski definition) is 7. The Morgan fingerprint density at radius 2 is 1.84 bits per heavy atom. The Morgan fingerprint density at radius 3 is 2.53 bits per heavy atom. The van der Waals surface area contributed by atoms with Gasteiger partial charge in [-0.1, -0.05) is 55.8 Å². The molecule has 1 atom stereocenters. The number of aliphatic hydroxyl groups is 1. The van der Waals surface area contributed by atoms with E-state index in [2.05, 4.69) is 30.5 Å². The molecule has 0 fully saturated rings. The summed E-state index contributed by atoms with van der Waals surface area (Å²) in [5.41, 5.74) is 6.91. The molecule has 4 rings (SSSR count). The summed E-state index contributed by atoms with van der Waals surface area (Å²) in [6.07, 6.45) is 1.36. The van der Waals surface area contributed by atoms with Gasteiger partial charge in [-0.2, -0.15) is 0 Å². The van der Waals surface area contributed by atoms with Crippen molar-refractivity contribution in [3.05, 3.63) is 59.2 Å². The summed E-state index contributed by atoms with van der Waals surface area (Å²) in [7, 11) is -3.61. The zero-order valence-electron chi connectivity index (χ0n) is 18.6. The van der Waals surface area contributed by atoms with Gasteiger partial charge >= 0.3 is 0 Å². The monoisotopic (exact) mass is 455 g/mol. The van der Waals surface area contributed by atoms with Crippen molar-refractivity contribution < 1.29 is 19.0 Å². The highest BCUT2D eigenvalue weighted by Crippen LogP contribution is 2.56. The zero-order chi connectivity index (χ0) is 23.5. The number of benzene rings is 2. The highest BCUT2D eigenvalue weighted by molar-refractivity contribution is 8.23. The Labute approximate surface area is 189 Å². The molecule has 8 heteroatoms. The summed E-state index contributed by atoms with van der Waals surface area (Å²) < 4.78 is 25.5. The largest absolute Gasteiger partial charge is 0.506 e. The van der Waals surface area contributed by atoms with E-state index in [1.807, 2.05) is 19.1 Å². The third-order valence-corrected chi connectivity index (χ3v) is 7.49. The predicted molar refractivity (Wildman–Crippen MR) is 130 cm³/mol. The van der Waals surface area contributed by atoms with Gasteiger partial charge in [0.15, 0.2) is 11.6 Å². The predicted octanol–water partition coefficient (Wildman–Crippen LogP) is 5.75. The lowest BCUT2D eigenvalue weighted by atomic mass is 9.65. The number of amidine groups is 1. The first-order valence-corrected chi connectivity index (χ1v) is 12.0. The fourth-order valence-electron chi connectivity index (χ4n) is 4.21. The highest BCUT2D eigenvalue weighted by atomic mass is 32.3. The van der Waals surface area contributed by atoms with Crippen LogP contribution in [0.4, 0.5) is 11.4 Å². The number of carbonyl (C=O) groups is 1. The number of nitrogens with zero attached hydrogens (tertiary/aromatic N) is 1. The van der Waals surface area contributed by atoms with E-state index >= 15 is 0 Å². The lowest BCUT2D eigenvalue weighted by Gasteiger charge is -2.39. The molecule has 0 saturated heterocycles. The van der Waals surface area contributed by atoms with E-state index in [1.165, 1.54) is 6.07 Å². The number of nitrogens with two attached hydrogens (primary N) is 1. The smallest absolute Gasteiger partial charge is 0.180 e. The van der Waals surface area contributed by atoms with Crippen LogP contribution < -0.4 is 11.1 Å². The fraction of sp³-hybridized carbons (Fsp3) is 0.333. The van der Waals surface area contributed by atoms with Crippen LogP contribution in [0.15, 0.2) is 57.3 Å². The number of fused-ring (bicyclic) bond motifs is 2. The molecule has 170 valence electrons. The first kappa shape index (κ1) is 22.4. The van der Waals surface area contributed by atoms with Gasteiger partial charge in [0.25, 0.3) is 0 Å². The first-order chi connectivity index (χ1) is 14.8. The molecule has 32 heavy (non-hydrogen) atoms. The quantitative estimate of drug-likeness (QED) is 0.375. The van der Waals surface area contributed by atoms with E-state index in [9.17, 15) is 19.0 Å². The molecule has 0 radical (unpaired) electrons. The molecule has 0 bridgehead atoms. The number of ketones is 1. The van der Waals surface area contributed by atoms with Crippen molar-refractivity contribution in [3.8, 4) is 0 Å². The number of nitrogen functional groups attached to an aromatic ring is 1. The maximum absolute atomic E-state index is 13.9. The average Bonchev–Trinajstić information content (AvgIpc) is 2.71. The Kier molecular flexibility index (Phi) is 5.15. The molecule has 2 aromatic carbocycles. The van der Waals surface area contributed by atoms with E-state index in [-0.39, 0.29) is 33.3 Å². The summed E-state index contributed by atoms with van der Waals surface area (Å²) >= 11 is 0. The molecule has 0 saturated carbocycles. The van der Waals surface area contributed by atoms with E-state index in [1.54, 1.807) is 24.3 Å². The van der Waals surface area contributed by atoms with Crippen LogP contribution in [-0.4, -0.2) is 25.8 Å². The van der Waals surface area contributed by atoms with Crippen molar-refractivity contribution >= 4 is 39.5 Å². The maximum Gasteiger partial charge on any atom is 0.180 e. The summed E-state index contributed by atoms with van der Waals surface area (Å²) in [6.45, 7) is 8.24. The van der Waals surface area contributed by atoms with Gasteiger partial charge in [0.2, 0.25) is 0 Å². The second-order valence-corrected chi connectivity index (χ2v) is 11.5. The molecule has 0 amide bonds. The van der Waals surface area contributed by atoms with E-state index < -0.39 is 16.2 Å². The molecule has 1 aliphatic heterocycles. The van der Waals surface area contributed by atoms with Crippen LogP contribution in [0.25, 0.3) is 5.76 Å². The molecule has 7 nitrogen and oxygen atoms in total. The molecule has 0 aromatic heterocycles. The van der Waals surface area contributed by atoms with Crippen LogP contribution in [0.5, 0.6) is 0 Å². The average molecular weight is 456 g/mol.